The van der Waals surface area contributed by atoms with Gasteiger partial charge in [-0.15, -0.1) is 0 Å². The Bertz CT molecular complexity index is 254. The molecule has 1 saturated heterocycles. The van der Waals surface area contributed by atoms with Crippen molar-refractivity contribution in [1.82, 2.24) is 10.6 Å². The predicted molar refractivity (Wildman–Crippen MR) is 67.6 cm³/mol. The first-order chi connectivity index (χ1) is 8.24. The first-order valence-electron chi connectivity index (χ1n) is 6.81. The maximum atomic E-state index is 11.6. The van der Waals surface area contributed by atoms with Crippen molar-refractivity contribution < 1.29 is 9.59 Å². The summed E-state index contributed by atoms with van der Waals surface area (Å²) in [5.41, 5.74) is 0. The van der Waals surface area contributed by atoms with Crippen molar-refractivity contribution in [2.45, 2.75) is 64.3 Å². The molecule has 2 N–H and O–H groups in total. The Kier molecular flexibility index (Phi) is 6.67. The van der Waals surface area contributed by atoms with Crippen molar-refractivity contribution in [3.63, 3.8) is 0 Å². The van der Waals surface area contributed by atoms with Crippen LogP contribution in [0.5, 0.6) is 0 Å². The van der Waals surface area contributed by atoms with E-state index in [4.69, 9.17) is 0 Å². The number of hydrogen-bond acceptors (Lipinski definition) is 2. The SMILES string of the molecule is CCCCCCCC(=O)NC1CCCNC1=O. The third kappa shape index (κ3) is 5.71. The average molecular weight is 240 g/mol. The second kappa shape index (κ2) is 8.09. The summed E-state index contributed by atoms with van der Waals surface area (Å²) >= 11 is 0. The minimum absolute atomic E-state index is 0.0172. The molecule has 1 rings (SSSR count). The predicted octanol–water partition coefficient (Wildman–Crippen LogP) is 1.74. The Morgan fingerprint density at radius 1 is 1.35 bits per heavy atom. The van der Waals surface area contributed by atoms with Crippen LogP contribution in [0.25, 0.3) is 0 Å². The van der Waals surface area contributed by atoms with E-state index >= 15 is 0 Å². The molecule has 98 valence electrons. The highest BCUT2D eigenvalue weighted by molar-refractivity contribution is 5.87. The van der Waals surface area contributed by atoms with Crippen LogP contribution < -0.4 is 10.6 Å². The topological polar surface area (TPSA) is 58.2 Å². The molecule has 1 heterocycles. The molecule has 2 amide bonds. The van der Waals surface area contributed by atoms with E-state index in [2.05, 4.69) is 17.6 Å². The molecule has 0 bridgehead atoms. The number of hydrogen-bond donors (Lipinski definition) is 2. The van der Waals surface area contributed by atoms with Crippen LogP contribution in [0, 0.1) is 0 Å². The van der Waals surface area contributed by atoms with Gasteiger partial charge >= 0.3 is 0 Å². The molecule has 0 aromatic carbocycles. The van der Waals surface area contributed by atoms with Crippen molar-refractivity contribution in [2.24, 2.45) is 0 Å². The molecule has 0 saturated carbocycles. The molecule has 0 spiro atoms. The van der Waals surface area contributed by atoms with Crippen molar-refractivity contribution in [3.05, 3.63) is 0 Å². The van der Waals surface area contributed by atoms with E-state index in [-0.39, 0.29) is 17.9 Å². The van der Waals surface area contributed by atoms with Crippen LogP contribution in [0.3, 0.4) is 0 Å². The molecule has 17 heavy (non-hydrogen) atoms. The Morgan fingerprint density at radius 3 is 2.82 bits per heavy atom. The zero-order valence-corrected chi connectivity index (χ0v) is 10.8. The lowest BCUT2D eigenvalue weighted by atomic mass is 10.1. The highest BCUT2D eigenvalue weighted by Crippen LogP contribution is 2.07. The maximum Gasteiger partial charge on any atom is 0.242 e. The standard InChI is InChI=1S/C13H24N2O2/c1-2-3-4-5-6-9-12(16)15-11-8-7-10-14-13(11)17/h11H,2-10H2,1H3,(H,14,17)(H,15,16). The molecule has 1 atom stereocenters. The van der Waals surface area contributed by atoms with Crippen LogP contribution in [-0.4, -0.2) is 24.4 Å². The number of nitrogens with one attached hydrogen (secondary N) is 2. The van der Waals surface area contributed by atoms with Gasteiger partial charge in [-0.1, -0.05) is 32.6 Å². The van der Waals surface area contributed by atoms with Crippen molar-refractivity contribution in [2.75, 3.05) is 6.54 Å². The van der Waals surface area contributed by atoms with Crippen LogP contribution in [0.15, 0.2) is 0 Å². The summed E-state index contributed by atoms with van der Waals surface area (Å²) in [5, 5.41) is 5.58. The minimum Gasteiger partial charge on any atom is -0.354 e. The van der Waals surface area contributed by atoms with Gasteiger partial charge in [0.1, 0.15) is 6.04 Å². The van der Waals surface area contributed by atoms with Crippen LogP contribution in [0.2, 0.25) is 0 Å². The smallest absolute Gasteiger partial charge is 0.242 e. The summed E-state index contributed by atoms with van der Waals surface area (Å²) in [6.45, 7) is 2.91. The molecular formula is C13H24N2O2. The quantitative estimate of drug-likeness (QED) is 0.666. The van der Waals surface area contributed by atoms with Gasteiger partial charge in [-0.2, -0.15) is 0 Å². The summed E-state index contributed by atoms with van der Waals surface area (Å²) in [4.78, 5) is 23.0. The number of piperidine rings is 1. The Hall–Kier alpha value is -1.06. The fraction of sp³-hybridized carbons (Fsp3) is 0.846. The van der Waals surface area contributed by atoms with Gasteiger partial charge in [-0.3, -0.25) is 9.59 Å². The lowest BCUT2D eigenvalue weighted by molar-refractivity contribution is -0.130. The zero-order chi connectivity index (χ0) is 12.5. The molecule has 0 radical (unpaired) electrons. The van der Waals surface area contributed by atoms with Gasteiger partial charge in [-0.05, 0) is 19.3 Å². The molecule has 4 nitrogen and oxygen atoms in total. The van der Waals surface area contributed by atoms with E-state index in [1.165, 1.54) is 19.3 Å². The molecule has 4 heteroatoms. The van der Waals surface area contributed by atoms with Crippen LogP contribution >= 0.6 is 0 Å². The van der Waals surface area contributed by atoms with Crippen molar-refractivity contribution >= 4 is 11.8 Å². The Balaban J connectivity index is 2.09. The first-order valence-corrected chi connectivity index (χ1v) is 6.81. The normalized spacial score (nSPS) is 19.8. The Morgan fingerprint density at radius 2 is 2.12 bits per heavy atom. The summed E-state index contributed by atoms with van der Waals surface area (Å²) in [5.74, 6) is -0.0147. The second-order valence-electron chi connectivity index (χ2n) is 4.72. The first kappa shape index (κ1) is 14.0. The third-order valence-corrected chi connectivity index (χ3v) is 3.13. The van der Waals surface area contributed by atoms with Gasteiger partial charge in [0.15, 0.2) is 0 Å². The average Bonchev–Trinajstić information content (AvgIpc) is 2.32. The van der Waals surface area contributed by atoms with Gasteiger partial charge in [0.2, 0.25) is 11.8 Å². The van der Waals surface area contributed by atoms with E-state index in [1.54, 1.807) is 0 Å². The van der Waals surface area contributed by atoms with E-state index in [0.717, 1.165) is 32.2 Å². The van der Waals surface area contributed by atoms with E-state index in [9.17, 15) is 9.59 Å². The molecule has 1 unspecified atom stereocenters. The zero-order valence-electron chi connectivity index (χ0n) is 10.8. The lowest BCUT2D eigenvalue weighted by Crippen LogP contribution is -2.50. The third-order valence-electron chi connectivity index (χ3n) is 3.13. The van der Waals surface area contributed by atoms with Crippen molar-refractivity contribution in [1.29, 1.82) is 0 Å². The molecule has 1 aliphatic rings. The van der Waals surface area contributed by atoms with Crippen LogP contribution in [-0.2, 0) is 9.59 Å². The van der Waals surface area contributed by atoms with Gasteiger partial charge in [0.25, 0.3) is 0 Å². The summed E-state index contributed by atoms with van der Waals surface area (Å²) in [7, 11) is 0. The molecule has 1 aliphatic heterocycles. The fourth-order valence-electron chi connectivity index (χ4n) is 2.07. The van der Waals surface area contributed by atoms with Crippen LogP contribution in [0.4, 0.5) is 0 Å². The number of rotatable bonds is 7. The van der Waals surface area contributed by atoms with E-state index in [1.807, 2.05) is 0 Å². The van der Waals surface area contributed by atoms with Crippen LogP contribution in [0.1, 0.15) is 58.3 Å². The molecule has 0 aromatic rings. The summed E-state index contributed by atoms with van der Waals surface area (Å²) in [6, 6.07) is -0.299. The lowest BCUT2D eigenvalue weighted by Gasteiger charge is -2.22. The number of carbonyl (C=O) groups excluding carboxylic acids is 2. The highest BCUT2D eigenvalue weighted by Gasteiger charge is 2.22. The highest BCUT2D eigenvalue weighted by atomic mass is 16.2. The van der Waals surface area contributed by atoms with E-state index in [0.29, 0.717) is 6.42 Å². The number of carbonyl (C=O) groups is 2. The number of amides is 2. The van der Waals surface area contributed by atoms with Gasteiger partial charge in [0.05, 0.1) is 0 Å². The van der Waals surface area contributed by atoms with Gasteiger partial charge in [0, 0.05) is 13.0 Å². The summed E-state index contributed by atoms with van der Waals surface area (Å²) in [6.07, 6.45) is 7.97. The molecule has 0 aliphatic carbocycles. The summed E-state index contributed by atoms with van der Waals surface area (Å²) < 4.78 is 0. The minimum atomic E-state index is -0.299. The molecule has 0 aromatic heterocycles. The Labute approximate surface area is 104 Å². The number of unbranched alkanes of at least 4 members (excludes halogenated alkanes) is 4. The second-order valence-corrected chi connectivity index (χ2v) is 4.72. The largest absolute Gasteiger partial charge is 0.354 e. The molecule has 1 fully saturated rings. The monoisotopic (exact) mass is 240 g/mol. The van der Waals surface area contributed by atoms with Crippen molar-refractivity contribution in [3.8, 4) is 0 Å². The fourth-order valence-corrected chi connectivity index (χ4v) is 2.07. The van der Waals surface area contributed by atoms with Gasteiger partial charge in [-0.25, -0.2) is 0 Å². The maximum absolute atomic E-state index is 11.6. The molecular weight excluding hydrogens is 216 g/mol. The van der Waals surface area contributed by atoms with Gasteiger partial charge < -0.3 is 10.6 Å². The van der Waals surface area contributed by atoms with E-state index < -0.39 is 0 Å².